The number of nitrogens with one attached hydrogen (secondary N) is 3. The third kappa shape index (κ3) is 8.52. The Kier molecular flexibility index (Phi) is 9.44. The van der Waals surface area contributed by atoms with Crippen LogP contribution in [0.3, 0.4) is 0 Å². The number of amides is 2. The number of aromatic nitrogens is 1. The van der Waals surface area contributed by atoms with Crippen molar-refractivity contribution in [1.82, 2.24) is 10.3 Å². The molecular formula is C20H19Cl2F3N4O4. The van der Waals surface area contributed by atoms with Crippen molar-refractivity contribution < 1.29 is 32.7 Å². The number of carboxylic acid groups (broad SMARTS) is 1. The molecule has 0 atom stereocenters. The van der Waals surface area contributed by atoms with Crippen molar-refractivity contribution in [3.8, 4) is 0 Å². The van der Waals surface area contributed by atoms with Gasteiger partial charge in [0, 0.05) is 17.1 Å². The number of anilines is 2. The molecule has 1 fully saturated rings. The number of carbonyl (C=O) groups is 3. The van der Waals surface area contributed by atoms with Crippen LogP contribution in [0.4, 0.5) is 24.7 Å². The van der Waals surface area contributed by atoms with E-state index in [-0.39, 0.29) is 17.4 Å². The minimum atomic E-state index is -5.08. The maximum absolute atomic E-state index is 12.6. The van der Waals surface area contributed by atoms with Crippen LogP contribution in [-0.4, -0.2) is 47.1 Å². The van der Waals surface area contributed by atoms with Crippen molar-refractivity contribution in [3.05, 3.63) is 52.1 Å². The number of hydrogen-bond acceptors (Lipinski definition) is 5. The van der Waals surface area contributed by atoms with E-state index in [0.29, 0.717) is 21.6 Å². The summed E-state index contributed by atoms with van der Waals surface area (Å²) in [6.45, 7) is 1.63. The number of rotatable bonds is 4. The maximum atomic E-state index is 12.6. The molecule has 0 saturated carbocycles. The number of halogens is 5. The first-order valence-electron chi connectivity index (χ1n) is 9.51. The third-order valence-electron chi connectivity index (χ3n) is 4.41. The average Bonchev–Trinajstić information content (AvgIpc) is 2.77. The Labute approximate surface area is 196 Å². The Hall–Kier alpha value is -2.89. The van der Waals surface area contributed by atoms with Gasteiger partial charge in [-0.05, 0) is 56.3 Å². The molecule has 2 amide bonds. The molecule has 1 aliphatic rings. The monoisotopic (exact) mass is 506 g/mol. The molecular weight excluding hydrogens is 488 g/mol. The first-order chi connectivity index (χ1) is 15.5. The number of benzene rings is 1. The Balaban J connectivity index is 0.000000479. The Bertz CT molecular complexity index is 998. The highest BCUT2D eigenvalue weighted by Gasteiger charge is 2.38. The summed E-state index contributed by atoms with van der Waals surface area (Å²) < 4.78 is 31.7. The largest absolute Gasteiger partial charge is 0.490 e. The fraction of sp³-hybridized carbons (Fsp3) is 0.300. The van der Waals surface area contributed by atoms with E-state index in [1.54, 1.807) is 24.3 Å². The number of hydrogen-bond donors (Lipinski definition) is 4. The highest BCUT2D eigenvalue weighted by atomic mass is 35.5. The van der Waals surface area contributed by atoms with Crippen LogP contribution in [0.2, 0.25) is 10.0 Å². The Morgan fingerprint density at radius 1 is 1.03 bits per heavy atom. The molecule has 3 rings (SSSR count). The van der Waals surface area contributed by atoms with Gasteiger partial charge in [0.05, 0.1) is 16.3 Å². The topological polar surface area (TPSA) is 120 Å². The van der Waals surface area contributed by atoms with Gasteiger partial charge in [0.2, 0.25) is 5.91 Å². The SMILES string of the molecule is O=C(Nc1ccc(Cl)cn1)c1cc(Cl)ccc1NC(=O)C1CCNCC1.O=C(O)C(F)(F)F. The molecule has 8 nitrogen and oxygen atoms in total. The molecule has 0 radical (unpaired) electrons. The first kappa shape index (κ1) is 26.4. The van der Waals surface area contributed by atoms with Crippen LogP contribution in [0.25, 0.3) is 0 Å². The number of pyridine rings is 1. The zero-order chi connectivity index (χ0) is 24.6. The van der Waals surface area contributed by atoms with Crippen LogP contribution in [0.5, 0.6) is 0 Å². The zero-order valence-corrected chi connectivity index (χ0v) is 18.4. The van der Waals surface area contributed by atoms with Gasteiger partial charge in [-0.3, -0.25) is 9.59 Å². The van der Waals surface area contributed by atoms with E-state index >= 15 is 0 Å². The molecule has 1 saturated heterocycles. The van der Waals surface area contributed by atoms with E-state index in [0.717, 1.165) is 25.9 Å². The maximum Gasteiger partial charge on any atom is 0.490 e. The number of alkyl halides is 3. The molecule has 0 spiro atoms. The summed E-state index contributed by atoms with van der Waals surface area (Å²) >= 11 is 11.8. The van der Waals surface area contributed by atoms with Crippen LogP contribution in [0, 0.1) is 5.92 Å². The van der Waals surface area contributed by atoms with Gasteiger partial charge in [-0.1, -0.05) is 23.2 Å². The molecule has 2 heterocycles. The van der Waals surface area contributed by atoms with Crippen molar-refractivity contribution in [3.63, 3.8) is 0 Å². The average molecular weight is 507 g/mol. The van der Waals surface area contributed by atoms with Gasteiger partial charge < -0.3 is 21.1 Å². The lowest BCUT2D eigenvalue weighted by Gasteiger charge is -2.22. The van der Waals surface area contributed by atoms with Gasteiger partial charge in [0.15, 0.2) is 0 Å². The van der Waals surface area contributed by atoms with Gasteiger partial charge in [-0.25, -0.2) is 9.78 Å². The van der Waals surface area contributed by atoms with Crippen LogP contribution in [0.1, 0.15) is 23.2 Å². The lowest BCUT2D eigenvalue weighted by Crippen LogP contribution is -2.35. The molecule has 33 heavy (non-hydrogen) atoms. The van der Waals surface area contributed by atoms with Crippen LogP contribution in [-0.2, 0) is 9.59 Å². The lowest BCUT2D eigenvalue weighted by atomic mass is 9.97. The summed E-state index contributed by atoms with van der Waals surface area (Å²) in [5.41, 5.74) is 0.695. The smallest absolute Gasteiger partial charge is 0.475 e. The number of carbonyl (C=O) groups excluding carboxylic acids is 2. The summed E-state index contributed by atoms with van der Waals surface area (Å²) in [5, 5.41) is 16.8. The summed E-state index contributed by atoms with van der Waals surface area (Å²) in [6, 6.07) is 8.01. The second-order valence-corrected chi connectivity index (χ2v) is 7.69. The lowest BCUT2D eigenvalue weighted by molar-refractivity contribution is -0.192. The van der Waals surface area contributed by atoms with Crippen LogP contribution < -0.4 is 16.0 Å². The molecule has 1 aliphatic heterocycles. The zero-order valence-electron chi connectivity index (χ0n) is 16.9. The number of carboxylic acids is 1. The van der Waals surface area contributed by atoms with Gasteiger partial charge >= 0.3 is 12.1 Å². The second kappa shape index (κ2) is 11.8. The van der Waals surface area contributed by atoms with Crippen molar-refractivity contribution in [2.75, 3.05) is 23.7 Å². The van der Waals surface area contributed by atoms with Gasteiger partial charge in [0.25, 0.3) is 5.91 Å². The molecule has 178 valence electrons. The molecule has 2 aromatic rings. The van der Waals surface area contributed by atoms with Crippen molar-refractivity contribution >= 4 is 52.5 Å². The molecule has 0 aliphatic carbocycles. The van der Waals surface area contributed by atoms with E-state index in [1.165, 1.54) is 12.3 Å². The predicted octanol–water partition coefficient (Wildman–Crippen LogP) is 4.21. The summed E-state index contributed by atoms with van der Waals surface area (Å²) in [7, 11) is 0. The Morgan fingerprint density at radius 3 is 2.18 bits per heavy atom. The minimum Gasteiger partial charge on any atom is -0.475 e. The fourth-order valence-electron chi connectivity index (χ4n) is 2.77. The van der Waals surface area contributed by atoms with E-state index < -0.39 is 18.1 Å². The fourth-order valence-corrected chi connectivity index (χ4v) is 3.05. The molecule has 13 heteroatoms. The van der Waals surface area contributed by atoms with E-state index in [9.17, 15) is 22.8 Å². The van der Waals surface area contributed by atoms with Crippen LogP contribution in [0.15, 0.2) is 36.5 Å². The summed E-state index contributed by atoms with van der Waals surface area (Å²) in [6.07, 6.45) is -2.10. The van der Waals surface area contributed by atoms with E-state index in [2.05, 4.69) is 20.9 Å². The van der Waals surface area contributed by atoms with Crippen molar-refractivity contribution in [1.29, 1.82) is 0 Å². The van der Waals surface area contributed by atoms with Crippen molar-refractivity contribution in [2.24, 2.45) is 5.92 Å². The summed E-state index contributed by atoms with van der Waals surface area (Å²) in [5.74, 6) is -2.97. The van der Waals surface area contributed by atoms with Crippen LogP contribution >= 0.6 is 23.2 Å². The van der Waals surface area contributed by atoms with E-state index in [1.807, 2.05) is 0 Å². The number of aliphatic carboxylic acids is 1. The van der Waals surface area contributed by atoms with Gasteiger partial charge in [-0.2, -0.15) is 13.2 Å². The normalized spacial score (nSPS) is 14.0. The molecule has 0 unspecified atom stereocenters. The predicted molar refractivity (Wildman–Crippen MR) is 117 cm³/mol. The van der Waals surface area contributed by atoms with Crippen molar-refractivity contribution in [2.45, 2.75) is 19.0 Å². The summed E-state index contributed by atoms with van der Waals surface area (Å²) in [4.78, 5) is 38.1. The van der Waals surface area contributed by atoms with Gasteiger partial charge in [-0.15, -0.1) is 0 Å². The first-order valence-corrected chi connectivity index (χ1v) is 10.3. The quantitative estimate of drug-likeness (QED) is 0.492. The van der Waals surface area contributed by atoms with E-state index in [4.69, 9.17) is 33.1 Å². The molecule has 4 N–H and O–H groups in total. The van der Waals surface area contributed by atoms with Gasteiger partial charge in [0.1, 0.15) is 5.82 Å². The molecule has 1 aromatic carbocycles. The highest BCUT2D eigenvalue weighted by Crippen LogP contribution is 2.24. The molecule has 0 bridgehead atoms. The highest BCUT2D eigenvalue weighted by molar-refractivity contribution is 6.31. The number of nitrogens with zero attached hydrogens (tertiary/aromatic N) is 1. The standard InChI is InChI=1S/C18H18Cl2N4O2.C2HF3O2/c19-12-1-3-15(23-17(25)11-5-7-21-8-6-11)14(9-12)18(26)24-16-4-2-13(20)10-22-16;3-2(4,5)1(6)7/h1-4,9-11,21H,5-8H2,(H,23,25)(H,22,24,26);(H,6,7). The second-order valence-electron chi connectivity index (χ2n) is 6.82. The molecule has 1 aromatic heterocycles. The third-order valence-corrected chi connectivity index (χ3v) is 4.86. The Morgan fingerprint density at radius 2 is 1.64 bits per heavy atom. The number of piperidine rings is 1. The minimum absolute atomic E-state index is 0.0687.